The smallest absolute Gasteiger partial charge is 0.407 e. The molecule has 0 saturated heterocycles. The molecular formula is C14H22N2O2. The largest absolute Gasteiger partial charge is 0.445 e. The first kappa shape index (κ1) is 14.5. The number of benzene rings is 1. The number of carbonyl (C=O) groups is 1. The Kier molecular flexibility index (Phi) is 6.22. The molecule has 1 amide bonds. The van der Waals surface area contributed by atoms with Crippen molar-refractivity contribution >= 4 is 6.09 Å². The predicted octanol–water partition coefficient (Wildman–Crippen LogP) is 2.39. The van der Waals surface area contributed by atoms with E-state index in [0.717, 1.165) is 12.0 Å². The van der Waals surface area contributed by atoms with Gasteiger partial charge in [0.2, 0.25) is 0 Å². The van der Waals surface area contributed by atoms with Gasteiger partial charge in [0.05, 0.1) is 0 Å². The van der Waals surface area contributed by atoms with Gasteiger partial charge in [-0.2, -0.15) is 0 Å². The van der Waals surface area contributed by atoms with E-state index in [4.69, 9.17) is 10.5 Å². The average molecular weight is 250 g/mol. The Hall–Kier alpha value is -1.55. The first-order chi connectivity index (χ1) is 8.63. The molecule has 4 heteroatoms. The highest BCUT2D eigenvalue weighted by molar-refractivity contribution is 5.67. The number of ether oxygens (including phenoxy) is 1. The summed E-state index contributed by atoms with van der Waals surface area (Å²) in [5, 5.41) is 2.64. The minimum atomic E-state index is -0.392. The van der Waals surface area contributed by atoms with Gasteiger partial charge in [0, 0.05) is 6.54 Å². The van der Waals surface area contributed by atoms with Crippen molar-refractivity contribution < 1.29 is 9.53 Å². The molecule has 0 atom stereocenters. The Labute approximate surface area is 109 Å². The van der Waals surface area contributed by atoms with Crippen molar-refractivity contribution in [1.82, 2.24) is 5.32 Å². The topological polar surface area (TPSA) is 64.3 Å². The SMILES string of the molecule is CC(C)c1ccc(COC(=O)NCCCN)cc1. The van der Waals surface area contributed by atoms with E-state index in [9.17, 15) is 4.79 Å². The van der Waals surface area contributed by atoms with Crippen molar-refractivity contribution in [3.8, 4) is 0 Å². The van der Waals surface area contributed by atoms with Gasteiger partial charge in [-0.25, -0.2) is 4.79 Å². The van der Waals surface area contributed by atoms with Crippen LogP contribution in [0.1, 0.15) is 37.3 Å². The highest BCUT2D eigenvalue weighted by Crippen LogP contribution is 2.14. The summed E-state index contributed by atoms with van der Waals surface area (Å²) in [4.78, 5) is 11.3. The molecule has 0 spiro atoms. The Morgan fingerprint density at radius 1 is 1.33 bits per heavy atom. The molecule has 0 bridgehead atoms. The van der Waals surface area contributed by atoms with E-state index in [-0.39, 0.29) is 0 Å². The van der Waals surface area contributed by atoms with Crippen LogP contribution in [0.2, 0.25) is 0 Å². The standard InChI is InChI=1S/C14H22N2O2/c1-11(2)13-6-4-12(5-7-13)10-18-14(17)16-9-3-8-15/h4-7,11H,3,8-10,15H2,1-2H3,(H,16,17). The van der Waals surface area contributed by atoms with Gasteiger partial charge in [-0.15, -0.1) is 0 Å². The van der Waals surface area contributed by atoms with E-state index in [2.05, 4.69) is 31.3 Å². The third-order valence-electron chi connectivity index (χ3n) is 2.67. The van der Waals surface area contributed by atoms with Crippen LogP contribution < -0.4 is 11.1 Å². The number of alkyl carbamates (subject to hydrolysis) is 1. The number of nitrogens with two attached hydrogens (primary N) is 1. The Morgan fingerprint density at radius 2 is 2.00 bits per heavy atom. The van der Waals surface area contributed by atoms with Crippen molar-refractivity contribution in [3.63, 3.8) is 0 Å². The van der Waals surface area contributed by atoms with E-state index in [1.807, 2.05) is 12.1 Å². The molecule has 0 aliphatic carbocycles. The molecule has 0 aliphatic rings. The molecule has 0 aromatic heterocycles. The summed E-state index contributed by atoms with van der Waals surface area (Å²) in [5.41, 5.74) is 7.60. The minimum absolute atomic E-state index is 0.298. The Bertz CT molecular complexity index is 361. The highest BCUT2D eigenvalue weighted by atomic mass is 16.5. The maximum Gasteiger partial charge on any atom is 0.407 e. The van der Waals surface area contributed by atoms with Crippen molar-refractivity contribution in [2.45, 2.75) is 32.8 Å². The first-order valence-electron chi connectivity index (χ1n) is 6.33. The maximum atomic E-state index is 11.3. The van der Waals surface area contributed by atoms with E-state index in [1.54, 1.807) is 0 Å². The zero-order valence-electron chi connectivity index (χ0n) is 11.1. The molecule has 0 unspecified atom stereocenters. The van der Waals surface area contributed by atoms with Gasteiger partial charge < -0.3 is 15.8 Å². The molecule has 3 N–H and O–H groups in total. The molecule has 18 heavy (non-hydrogen) atoms. The summed E-state index contributed by atoms with van der Waals surface area (Å²) in [6, 6.07) is 8.11. The number of carbonyl (C=O) groups excluding carboxylic acids is 1. The second-order valence-corrected chi connectivity index (χ2v) is 4.54. The number of nitrogens with one attached hydrogen (secondary N) is 1. The second kappa shape index (κ2) is 7.71. The molecule has 1 rings (SSSR count). The molecule has 1 aromatic rings. The predicted molar refractivity (Wildman–Crippen MR) is 72.4 cm³/mol. The summed E-state index contributed by atoms with van der Waals surface area (Å²) >= 11 is 0. The zero-order chi connectivity index (χ0) is 13.4. The molecule has 0 heterocycles. The molecular weight excluding hydrogens is 228 g/mol. The summed E-state index contributed by atoms with van der Waals surface area (Å²) in [6.45, 7) is 5.72. The second-order valence-electron chi connectivity index (χ2n) is 4.54. The monoisotopic (exact) mass is 250 g/mol. The van der Waals surface area contributed by atoms with Crippen LogP contribution >= 0.6 is 0 Å². The number of hydrogen-bond donors (Lipinski definition) is 2. The maximum absolute atomic E-state index is 11.3. The van der Waals surface area contributed by atoms with Gasteiger partial charge in [-0.05, 0) is 30.0 Å². The zero-order valence-corrected chi connectivity index (χ0v) is 11.1. The van der Waals surface area contributed by atoms with Crippen molar-refractivity contribution in [2.75, 3.05) is 13.1 Å². The molecule has 0 aliphatic heterocycles. The normalized spacial score (nSPS) is 10.4. The van der Waals surface area contributed by atoms with Gasteiger partial charge in [-0.3, -0.25) is 0 Å². The third-order valence-corrected chi connectivity index (χ3v) is 2.67. The van der Waals surface area contributed by atoms with E-state index >= 15 is 0 Å². The summed E-state index contributed by atoms with van der Waals surface area (Å²) in [5.74, 6) is 0.513. The highest BCUT2D eigenvalue weighted by Gasteiger charge is 2.03. The summed E-state index contributed by atoms with van der Waals surface area (Å²) in [6.07, 6.45) is 0.370. The van der Waals surface area contributed by atoms with Crippen LogP contribution in [0.15, 0.2) is 24.3 Å². The van der Waals surface area contributed by atoms with Crippen molar-refractivity contribution in [2.24, 2.45) is 5.73 Å². The average Bonchev–Trinajstić information content (AvgIpc) is 2.37. The van der Waals surface area contributed by atoms with Crippen LogP contribution in [0.25, 0.3) is 0 Å². The fourth-order valence-electron chi connectivity index (χ4n) is 1.49. The molecule has 1 aromatic carbocycles. The fraction of sp³-hybridized carbons (Fsp3) is 0.500. The fourth-order valence-corrected chi connectivity index (χ4v) is 1.49. The van der Waals surface area contributed by atoms with Gasteiger partial charge in [0.15, 0.2) is 0 Å². The van der Waals surface area contributed by atoms with Crippen molar-refractivity contribution in [3.05, 3.63) is 35.4 Å². The number of hydrogen-bond acceptors (Lipinski definition) is 3. The van der Waals surface area contributed by atoms with Gasteiger partial charge >= 0.3 is 6.09 Å². The lowest BCUT2D eigenvalue weighted by molar-refractivity contribution is 0.139. The minimum Gasteiger partial charge on any atom is -0.445 e. The van der Waals surface area contributed by atoms with E-state index < -0.39 is 6.09 Å². The summed E-state index contributed by atoms with van der Waals surface area (Å²) < 4.78 is 5.08. The summed E-state index contributed by atoms with van der Waals surface area (Å²) in [7, 11) is 0. The number of rotatable bonds is 6. The van der Waals surface area contributed by atoms with Crippen LogP contribution in [-0.2, 0) is 11.3 Å². The van der Waals surface area contributed by atoms with Gasteiger partial charge in [0.1, 0.15) is 6.61 Å². The van der Waals surface area contributed by atoms with Gasteiger partial charge in [-0.1, -0.05) is 38.1 Å². The molecule has 0 fully saturated rings. The van der Waals surface area contributed by atoms with Crippen LogP contribution in [0.4, 0.5) is 4.79 Å². The Balaban J connectivity index is 2.32. The van der Waals surface area contributed by atoms with E-state index in [1.165, 1.54) is 5.56 Å². The van der Waals surface area contributed by atoms with Gasteiger partial charge in [0.25, 0.3) is 0 Å². The van der Waals surface area contributed by atoms with E-state index in [0.29, 0.717) is 25.6 Å². The Morgan fingerprint density at radius 3 is 2.56 bits per heavy atom. The quantitative estimate of drug-likeness (QED) is 0.762. The number of amides is 1. The van der Waals surface area contributed by atoms with Crippen LogP contribution in [0.3, 0.4) is 0 Å². The van der Waals surface area contributed by atoms with Crippen LogP contribution in [0.5, 0.6) is 0 Å². The third kappa shape index (κ3) is 5.19. The molecule has 0 radical (unpaired) electrons. The molecule has 0 saturated carbocycles. The van der Waals surface area contributed by atoms with Crippen molar-refractivity contribution in [1.29, 1.82) is 0 Å². The first-order valence-corrected chi connectivity index (χ1v) is 6.33. The van der Waals surface area contributed by atoms with Crippen LogP contribution in [0, 0.1) is 0 Å². The lowest BCUT2D eigenvalue weighted by Gasteiger charge is -2.08. The molecule has 100 valence electrons. The molecule has 4 nitrogen and oxygen atoms in total. The lowest BCUT2D eigenvalue weighted by Crippen LogP contribution is -2.26. The lowest BCUT2D eigenvalue weighted by atomic mass is 10.0. The van der Waals surface area contributed by atoms with Crippen LogP contribution in [-0.4, -0.2) is 19.2 Å².